The van der Waals surface area contributed by atoms with Gasteiger partial charge in [-0.1, -0.05) is 41.9 Å². The van der Waals surface area contributed by atoms with Crippen molar-refractivity contribution in [3.63, 3.8) is 0 Å². The predicted octanol–water partition coefficient (Wildman–Crippen LogP) is 1.63. The zero-order chi connectivity index (χ0) is 14.3. The molecule has 0 aliphatic rings. The van der Waals surface area contributed by atoms with Crippen LogP contribution in [0.25, 0.3) is 22.4 Å². The highest BCUT2D eigenvalue weighted by molar-refractivity contribution is 6.32. The summed E-state index contributed by atoms with van der Waals surface area (Å²) in [4.78, 5) is 23.9. The first-order valence-electron chi connectivity index (χ1n) is 5.83. The molecule has 2 aromatic heterocycles. The van der Waals surface area contributed by atoms with Gasteiger partial charge in [-0.25, -0.2) is 14.8 Å². The van der Waals surface area contributed by atoms with E-state index in [0.717, 1.165) is 5.56 Å². The highest BCUT2D eigenvalue weighted by Crippen LogP contribution is 2.27. The normalized spacial score (nSPS) is 10.9. The molecule has 0 radical (unpaired) electrons. The van der Waals surface area contributed by atoms with Gasteiger partial charge in [0, 0.05) is 12.6 Å². The number of aryl methyl sites for hydroxylation is 1. The summed E-state index contributed by atoms with van der Waals surface area (Å²) in [7, 11) is 1.55. The Bertz CT molecular complexity index is 860. The van der Waals surface area contributed by atoms with Crippen LogP contribution in [0, 0.1) is 0 Å². The summed E-state index contributed by atoms with van der Waals surface area (Å²) < 4.78 is 1.26. The van der Waals surface area contributed by atoms with E-state index in [-0.39, 0.29) is 11.0 Å². The largest absolute Gasteiger partial charge is 0.382 e. The molecule has 0 saturated carbocycles. The number of nitrogens with zero attached hydrogens (tertiary/aromatic N) is 4. The molecule has 20 heavy (non-hydrogen) atoms. The molecule has 3 aromatic rings. The third-order valence-corrected chi connectivity index (χ3v) is 3.21. The van der Waals surface area contributed by atoms with Gasteiger partial charge in [-0.15, -0.1) is 0 Å². The van der Waals surface area contributed by atoms with Gasteiger partial charge in [0.25, 0.3) is 0 Å². The molecule has 0 aliphatic carbocycles. The fraction of sp³-hybridized carbons (Fsp3) is 0.0769. The van der Waals surface area contributed by atoms with Crippen LogP contribution in [0.5, 0.6) is 0 Å². The second-order valence-electron chi connectivity index (χ2n) is 4.24. The van der Waals surface area contributed by atoms with E-state index in [9.17, 15) is 4.79 Å². The summed E-state index contributed by atoms with van der Waals surface area (Å²) in [6, 6.07) is 9.38. The highest BCUT2D eigenvalue weighted by Gasteiger charge is 2.14. The fourth-order valence-corrected chi connectivity index (χ4v) is 2.15. The van der Waals surface area contributed by atoms with Crippen LogP contribution in [0.3, 0.4) is 0 Å². The standard InChI is InChI=1S/C13H10ClN5O/c1-19-12-9(11(15)18-13(19)20)16-8(10(14)17-12)7-5-3-2-4-6-7/h2-6H,1H3,(H2,15,18,20). The molecule has 7 heteroatoms. The number of rotatable bonds is 1. The molecule has 3 rings (SSSR count). The number of aromatic nitrogens is 4. The molecule has 0 bridgehead atoms. The molecular formula is C13H10ClN5O. The van der Waals surface area contributed by atoms with Crippen molar-refractivity contribution in [3.8, 4) is 11.3 Å². The minimum absolute atomic E-state index is 0.0458. The Morgan fingerprint density at radius 1 is 1.15 bits per heavy atom. The molecule has 0 amide bonds. The minimum Gasteiger partial charge on any atom is -0.382 e. The summed E-state index contributed by atoms with van der Waals surface area (Å²) in [6.07, 6.45) is 0. The molecule has 2 N–H and O–H groups in total. The molecule has 6 nitrogen and oxygen atoms in total. The number of hydrogen-bond acceptors (Lipinski definition) is 5. The van der Waals surface area contributed by atoms with Crippen LogP contribution in [-0.4, -0.2) is 19.5 Å². The van der Waals surface area contributed by atoms with Gasteiger partial charge in [0.05, 0.1) is 0 Å². The first kappa shape index (κ1) is 12.6. The van der Waals surface area contributed by atoms with Crippen molar-refractivity contribution in [2.45, 2.75) is 0 Å². The molecule has 1 aromatic carbocycles. The van der Waals surface area contributed by atoms with E-state index in [0.29, 0.717) is 16.9 Å². The zero-order valence-electron chi connectivity index (χ0n) is 10.5. The summed E-state index contributed by atoms with van der Waals surface area (Å²) >= 11 is 6.16. The molecule has 0 aliphatic heterocycles. The fourth-order valence-electron chi connectivity index (χ4n) is 1.91. The van der Waals surface area contributed by atoms with E-state index in [2.05, 4.69) is 15.0 Å². The van der Waals surface area contributed by atoms with Crippen molar-refractivity contribution in [1.82, 2.24) is 19.5 Å². The molecular weight excluding hydrogens is 278 g/mol. The van der Waals surface area contributed by atoms with Gasteiger partial charge in [0.2, 0.25) is 0 Å². The summed E-state index contributed by atoms with van der Waals surface area (Å²) in [5.41, 5.74) is 7.26. The quantitative estimate of drug-likeness (QED) is 0.735. The van der Waals surface area contributed by atoms with E-state index < -0.39 is 5.69 Å². The lowest BCUT2D eigenvalue weighted by atomic mass is 10.1. The van der Waals surface area contributed by atoms with Crippen LogP contribution in [0.2, 0.25) is 5.15 Å². The Hall–Kier alpha value is -2.47. The molecule has 2 heterocycles. The van der Waals surface area contributed by atoms with E-state index in [1.807, 2.05) is 30.3 Å². The van der Waals surface area contributed by atoms with Gasteiger partial charge < -0.3 is 5.73 Å². The molecule has 100 valence electrons. The SMILES string of the molecule is Cn1c(=O)nc(N)c2nc(-c3ccccc3)c(Cl)nc21. The van der Waals surface area contributed by atoms with Crippen LogP contribution in [0.1, 0.15) is 0 Å². The molecule has 0 atom stereocenters. The van der Waals surface area contributed by atoms with Crippen LogP contribution in [0.15, 0.2) is 35.1 Å². The number of fused-ring (bicyclic) bond motifs is 1. The van der Waals surface area contributed by atoms with E-state index in [1.54, 1.807) is 7.05 Å². The van der Waals surface area contributed by atoms with Crippen LogP contribution < -0.4 is 11.4 Å². The third-order valence-electron chi connectivity index (χ3n) is 2.95. The van der Waals surface area contributed by atoms with Crippen LogP contribution >= 0.6 is 11.6 Å². The number of nitrogen functional groups attached to an aromatic ring is 1. The Kier molecular flexibility index (Phi) is 2.87. The molecule has 0 fully saturated rings. The molecule has 0 saturated heterocycles. The maximum Gasteiger partial charge on any atom is 0.351 e. The maximum absolute atomic E-state index is 11.6. The second-order valence-corrected chi connectivity index (χ2v) is 4.60. The number of nitrogens with two attached hydrogens (primary N) is 1. The first-order chi connectivity index (χ1) is 9.58. The number of anilines is 1. The van der Waals surface area contributed by atoms with Gasteiger partial charge in [-0.05, 0) is 0 Å². The summed E-state index contributed by atoms with van der Waals surface area (Å²) in [5.74, 6) is 0.0458. The van der Waals surface area contributed by atoms with Crippen LogP contribution in [-0.2, 0) is 7.05 Å². The molecule has 0 unspecified atom stereocenters. The highest BCUT2D eigenvalue weighted by atomic mass is 35.5. The number of halogens is 1. The minimum atomic E-state index is -0.493. The zero-order valence-corrected chi connectivity index (χ0v) is 11.3. The van der Waals surface area contributed by atoms with Gasteiger partial charge in [0.1, 0.15) is 11.2 Å². The Labute approximate surface area is 118 Å². The third kappa shape index (κ3) is 1.90. The van der Waals surface area contributed by atoms with E-state index in [1.165, 1.54) is 4.57 Å². The topological polar surface area (TPSA) is 86.7 Å². The first-order valence-corrected chi connectivity index (χ1v) is 6.21. The van der Waals surface area contributed by atoms with E-state index in [4.69, 9.17) is 17.3 Å². The van der Waals surface area contributed by atoms with Crippen molar-refractivity contribution >= 4 is 28.6 Å². The Balaban J connectivity index is 2.38. The van der Waals surface area contributed by atoms with Gasteiger partial charge in [0.15, 0.2) is 16.6 Å². The van der Waals surface area contributed by atoms with Crippen molar-refractivity contribution < 1.29 is 0 Å². The van der Waals surface area contributed by atoms with Gasteiger partial charge in [-0.2, -0.15) is 4.98 Å². The van der Waals surface area contributed by atoms with Crippen molar-refractivity contribution in [1.29, 1.82) is 0 Å². The van der Waals surface area contributed by atoms with Gasteiger partial charge in [-0.3, -0.25) is 4.57 Å². The predicted molar refractivity (Wildman–Crippen MR) is 77.4 cm³/mol. The Morgan fingerprint density at radius 2 is 1.85 bits per heavy atom. The maximum atomic E-state index is 11.6. The average Bonchev–Trinajstić information content (AvgIpc) is 2.45. The van der Waals surface area contributed by atoms with Crippen molar-refractivity contribution in [2.75, 3.05) is 5.73 Å². The lowest BCUT2D eigenvalue weighted by Crippen LogP contribution is -2.23. The monoisotopic (exact) mass is 287 g/mol. The lowest BCUT2D eigenvalue weighted by molar-refractivity contribution is 0.838. The van der Waals surface area contributed by atoms with Gasteiger partial charge >= 0.3 is 5.69 Å². The summed E-state index contributed by atoms with van der Waals surface area (Å²) in [5, 5.41) is 0.212. The number of hydrogen-bond donors (Lipinski definition) is 1. The second kappa shape index (κ2) is 4.57. The number of benzene rings is 1. The summed E-state index contributed by atoms with van der Waals surface area (Å²) in [6.45, 7) is 0. The van der Waals surface area contributed by atoms with Crippen molar-refractivity contribution in [3.05, 3.63) is 46.0 Å². The van der Waals surface area contributed by atoms with Crippen LogP contribution in [0.4, 0.5) is 5.82 Å². The van der Waals surface area contributed by atoms with E-state index >= 15 is 0 Å². The lowest BCUT2D eigenvalue weighted by Gasteiger charge is -2.08. The molecule has 0 spiro atoms. The van der Waals surface area contributed by atoms with Crippen molar-refractivity contribution in [2.24, 2.45) is 7.05 Å². The smallest absolute Gasteiger partial charge is 0.351 e. The average molecular weight is 288 g/mol. The Morgan fingerprint density at radius 3 is 2.55 bits per heavy atom.